The Bertz CT molecular complexity index is 932. The van der Waals surface area contributed by atoms with Gasteiger partial charge in [-0.2, -0.15) is 0 Å². The molecular formula is C17H14N2. The van der Waals surface area contributed by atoms with Gasteiger partial charge in [-0.3, -0.25) is 4.98 Å². The van der Waals surface area contributed by atoms with Crippen molar-refractivity contribution in [3.8, 4) is 0 Å². The number of hydrogen-bond donors (Lipinski definition) is 0. The number of rotatable bonds is 0. The number of fused-ring (bicyclic) bond motifs is 5. The Morgan fingerprint density at radius 3 is 2.26 bits per heavy atom. The van der Waals surface area contributed by atoms with Crippen LogP contribution >= 0.6 is 0 Å². The monoisotopic (exact) mass is 246 g/mol. The molecule has 0 aliphatic rings. The quantitative estimate of drug-likeness (QED) is 0.455. The van der Waals surface area contributed by atoms with Crippen LogP contribution < -0.4 is 0 Å². The summed E-state index contributed by atoms with van der Waals surface area (Å²) < 4.78 is 2.25. The van der Waals surface area contributed by atoms with Gasteiger partial charge in [0.05, 0.1) is 16.6 Å². The molecule has 0 saturated heterocycles. The van der Waals surface area contributed by atoms with E-state index in [1.807, 2.05) is 0 Å². The maximum atomic E-state index is 4.83. The molecule has 19 heavy (non-hydrogen) atoms. The molecule has 0 saturated carbocycles. The number of benzene rings is 2. The zero-order valence-corrected chi connectivity index (χ0v) is 11.0. The van der Waals surface area contributed by atoms with Crippen molar-refractivity contribution in [3.63, 3.8) is 0 Å². The Labute approximate surface area is 111 Å². The predicted molar refractivity (Wildman–Crippen MR) is 80.5 cm³/mol. The Hall–Kier alpha value is -2.35. The van der Waals surface area contributed by atoms with Gasteiger partial charge in [0.15, 0.2) is 0 Å². The number of para-hydroxylation sites is 1. The zero-order chi connectivity index (χ0) is 13.0. The Morgan fingerprint density at radius 1 is 0.842 bits per heavy atom. The largest absolute Gasteiger partial charge is 0.342 e. The van der Waals surface area contributed by atoms with E-state index in [0.717, 1.165) is 11.2 Å². The van der Waals surface area contributed by atoms with Crippen molar-refractivity contribution in [2.24, 2.45) is 7.05 Å². The average Bonchev–Trinajstić information content (AvgIpc) is 2.73. The van der Waals surface area contributed by atoms with Gasteiger partial charge in [-0.25, -0.2) is 0 Å². The summed E-state index contributed by atoms with van der Waals surface area (Å²) >= 11 is 0. The minimum Gasteiger partial charge on any atom is -0.342 e. The maximum Gasteiger partial charge on any atom is 0.0969 e. The molecule has 0 aliphatic carbocycles. The van der Waals surface area contributed by atoms with E-state index in [4.69, 9.17) is 4.98 Å². The van der Waals surface area contributed by atoms with E-state index in [1.54, 1.807) is 0 Å². The number of nitrogens with zero attached hydrogens (tertiary/aromatic N) is 2. The predicted octanol–water partition coefficient (Wildman–Crippen LogP) is 4.19. The van der Waals surface area contributed by atoms with Gasteiger partial charge in [0.2, 0.25) is 0 Å². The van der Waals surface area contributed by atoms with Crippen molar-refractivity contribution < 1.29 is 0 Å². The highest BCUT2D eigenvalue weighted by Crippen LogP contribution is 2.32. The molecule has 4 aromatic rings. The van der Waals surface area contributed by atoms with Crippen LogP contribution in [-0.2, 0) is 7.05 Å². The van der Waals surface area contributed by atoms with Gasteiger partial charge in [-0.15, -0.1) is 0 Å². The standard InChI is InChI=1S/C17H14N2/c1-11-12-7-3-4-8-13(12)17-16(18-11)14-9-5-6-10-15(14)19(17)2/h3-10H,1-2H3. The van der Waals surface area contributed by atoms with Gasteiger partial charge in [-0.1, -0.05) is 42.5 Å². The van der Waals surface area contributed by atoms with Gasteiger partial charge in [0, 0.05) is 28.9 Å². The smallest absolute Gasteiger partial charge is 0.0969 e. The lowest BCUT2D eigenvalue weighted by Crippen LogP contribution is -1.91. The van der Waals surface area contributed by atoms with E-state index in [1.165, 1.54) is 27.2 Å². The van der Waals surface area contributed by atoms with Crippen LogP contribution in [0, 0.1) is 6.92 Å². The first-order chi connectivity index (χ1) is 9.27. The zero-order valence-electron chi connectivity index (χ0n) is 11.0. The molecule has 0 spiro atoms. The summed E-state index contributed by atoms with van der Waals surface area (Å²) in [5, 5.41) is 3.75. The van der Waals surface area contributed by atoms with E-state index in [-0.39, 0.29) is 0 Å². The molecule has 0 unspecified atom stereocenters. The summed E-state index contributed by atoms with van der Waals surface area (Å²) in [5.41, 5.74) is 4.66. The lowest BCUT2D eigenvalue weighted by Gasteiger charge is -2.05. The lowest BCUT2D eigenvalue weighted by atomic mass is 10.1. The van der Waals surface area contributed by atoms with Gasteiger partial charge >= 0.3 is 0 Å². The third-order valence-corrected chi connectivity index (χ3v) is 3.93. The second-order valence-corrected chi connectivity index (χ2v) is 5.02. The summed E-state index contributed by atoms with van der Waals surface area (Å²) in [6, 6.07) is 17.0. The van der Waals surface area contributed by atoms with E-state index in [2.05, 4.69) is 67.1 Å². The molecule has 2 heterocycles. The van der Waals surface area contributed by atoms with Crippen molar-refractivity contribution in [1.82, 2.24) is 9.55 Å². The number of hydrogen-bond acceptors (Lipinski definition) is 1. The summed E-state index contributed by atoms with van der Waals surface area (Å²) in [4.78, 5) is 4.83. The maximum absolute atomic E-state index is 4.83. The second-order valence-electron chi connectivity index (χ2n) is 5.02. The first-order valence-electron chi connectivity index (χ1n) is 6.50. The molecule has 2 aromatic heterocycles. The van der Waals surface area contributed by atoms with Crippen LogP contribution in [0.15, 0.2) is 48.5 Å². The molecule has 2 aromatic carbocycles. The first-order valence-corrected chi connectivity index (χ1v) is 6.50. The van der Waals surface area contributed by atoms with Crippen LogP contribution in [0.2, 0.25) is 0 Å². The number of aromatic nitrogens is 2. The highest BCUT2D eigenvalue weighted by Gasteiger charge is 2.13. The topological polar surface area (TPSA) is 17.8 Å². The van der Waals surface area contributed by atoms with Gasteiger partial charge in [-0.05, 0) is 13.0 Å². The highest BCUT2D eigenvalue weighted by molar-refractivity contribution is 6.15. The average molecular weight is 246 g/mol. The first kappa shape index (κ1) is 10.6. The van der Waals surface area contributed by atoms with E-state index >= 15 is 0 Å². The molecule has 2 heteroatoms. The molecule has 0 bridgehead atoms. The van der Waals surface area contributed by atoms with Crippen molar-refractivity contribution in [2.45, 2.75) is 6.92 Å². The Kier molecular flexibility index (Phi) is 1.99. The minimum atomic E-state index is 1.10. The SMILES string of the molecule is Cc1nc2c3ccccc3n(C)c2c2ccccc12. The number of pyridine rings is 1. The normalized spacial score (nSPS) is 11.7. The Balaban J connectivity index is 2.41. The number of aryl methyl sites for hydroxylation is 2. The highest BCUT2D eigenvalue weighted by atomic mass is 15.0. The molecule has 0 N–H and O–H groups in total. The van der Waals surface area contributed by atoms with Crippen molar-refractivity contribution in [2.75, 3.05) is 0 Å². The molecular weight excluding hydrogens is 232 g/mol. The van der Waals surface area contributed by atoms with E-state index < -0.39 is 0 Å². The fourth-order valence-corrected chi connectivity index (χ4v) is 3.03. The third-order valence-electron chi connectivity index (χ3n) is 3.93. The van der Waals surface area contributed by atoms with Gasteiger partial charge < -0.3 is 4.57 Å². The van der Waals surface area contributed by atoms with Crippen LogP contribution in [-0.4, -0.2) is 9.55 Å². The van der Waals surface area contributed by atoms with Crippen LogP contribution in [0.5, 0.6) is 0 Å². The molecule has 0 fully saturated rings. The lowest BCUT2D eigenvalue weighted by molar-refractivity contribution is 1.02. The van der Waals surface area contributed by atoms with Crippen molar-refractivity contribution in [1.29, 1.82) is 0 Å². The molecule has 0 amide bonds. The molecule has 0 aliphatic heterocycles. The molecule has 92 valence electrons. The van der Waals surface area contributed by atoms with Crippen LogP contribution in [0.25, 0.3) is 32.7 Å². The Morgan fingerprint density at radius 2 is 1.47 bits per heavy atom. The van der Waals surface area contributed by atoms with Gasteiger partial charge in [0.1, 0.15) is 0 Å². The van der Waals surface area contributed by atoms with E-state index in [0.29, 0.717) is 0 Å². The van der Waals surface area contributed by atoms with Crippen molar-refractivity contribution in [3.05, 3.63) is 54.2 Å². The van der Waals surface area contributed by atoms with Gasteiger partial charge in [0.25, 0.3) is 0 Å². The summed E-state index contributed by atoms with van der Waals surface area (Å²) in [7, 11) is 2.12. The molecule has 0 radical (unpaired) electrons. The summed E-state index contributed by atoms with van der Waals surface area (Å²) in [6.45, 7) is 2.09. The van der Waals surface area contributed by atoms with Crippen molar-refractivity contribution >= 4 is 32.7 Å². The minimum absolute atomic E-state index is 1.10. The fourth-order valence-electron chi connectivity index (χ4n) is 3.03. The van der Waals surface area contributed by atoms with Crippen LogP contribution in [0.1, 0.15) is 5.69 Å². The third kappa shape index (κ3) is 1.28. The van der Waals surface area contributed by atoms with Crippen LogP contribution in [0.3, 0.4) is 0 Å². The van der Waals surface area contributed by atoms with E-state index in [9.17, 15) is 0 Å². The molecule has 0 atom stereocenters. The fraction of sp³-hybridized carbons (Fsp3) is 0.118. The van der Waals surface area contributed by atoms with Crippen LogP contribution in [0.4, 0.5) is 0 Å². The summed E-state index contributed by atoms with van der Waals surface area (Å²) in [6.07, 6.45) is 0. The summed E-state index contributed by atoms with van der Waals surface area (Å²) in [5.74, 6) is 0. The molecule has 2 nitrogen and oxygen atoms in total. The second kappa shape index (κ2) is 3.58. The molecule has 4 rings (SSSR count).